The van der Waals surface area contributed by atoms with Crippen LogP contribution in [0.2, 0.25) is 0 Å². The van der Waals surface area contributed by atoms with Crippen molar-refractivity contribution in [2.75, 3.05) is 13.1 Å². The molecule has 0 saturated carbocycles. The second kappa shape index (κ2) is 4.68. The van der Waals surface area contributed by atoms with E-state index < -0.39 is 15.6 Å². The van der Waals surface area contributed by atoms with E-state index in [0.717, 1.165) is 0 Å². The highest BCUT2D eigenvalue weighted by Gasteiger charge is 2.31. The lowest BCUT2D eigenvalue weighted by Gasteiger charge is -2.21. The number of hydrogen-bond acceptors (Lipinski definition) is 4. The van der Waals surface area contributed by atoms with E-state index in [-0.39, 0.29) is 0 Å². The molecular formula is C11H17NO3S2. The number of hydrogen-bond donors (Lipinski definition) is 1. The van der Waals surface area contributed by atoms with Crippen molar-refractivity contribution in [3.05, 3.63) is 17.5 Å². The molecule has 0 amide bonds. The molecule has 2 heterocycles. The van der Waals surface area contributed by atoms with Crippen molar-refractivity contribution in [3.8, 4) is 0 Å². The fourth-order valence-corrected chi connectivity index (χ4v) is 4.64. The van der Waals surface area contributed by atoms with E-state index in [2.05, 4.69) is 0 Å². The second-order valence-electron chi connectivity index (χ2n) is 4.69. The maximum atomic E-state index is 12.3. The van der Waals surface area contributed by atoms with E-state index in [0.29, 0.717) is 36.6 Å². The summed E-state index contributed by atoms with van der Waals surface area (Å²) in [5.74, 6) is 0. The first kappa shape index (κ1) is 13.0. The molecule has 1 N–H and O–H groups in total. The Labute approximate surface area is 106 Å². The molecule has 17 heavy (non-hydrogen) atoms. The molecule has 4 nitrogen and oxygen atoms in total. The monoisotopic (exact) mass is 275 g/mol. The molecule has 1 aliphatic rings. The van der Waals surface area contributed by atoms with Gasteiger partial charge in [-0.25, -0.2) is 8.42 Å². The summed E-state index contributed by atoms with van der Waals surface area (Å²) in [6.07, 6.45) is 1.86. The fraction of sp³-hybridized carbons (Fsp3) is 0.636. The molecule has 1 aromatic heterocycles. The Morgan fingerprint density at radius 2 is 2.18 bits per heavy atom. The number of nitrogens with zero attached hydrogens (tertiary/aromatic N) is 1. The van der Waals surface area contributed by atoms with Gasteiger partial charge in [-0.05, 0) is 37.6 Å². The van der Waals surface area contributed by atoms with Gasteiger partial charge in [0.25, 0.3) is 10.0 Å². The highest BCUT2D eigenvalue weighted by atomic mass is 32.2. The number of sulfonamides is 1. The van der Waals surface area contributed by atoms with Crippen LogP contribution in [-0.2, 0) is 10.0 Å². The van der Waals surface area contributed by atoms with Crippen molar-refractivity contribution < 1.29 is 13.5 Å². The third-order valence-electron chi connectivity index (χ3n) is 3.11. The molecule has 1 aliphatic heterocycles. The maximum Gasteiger partial charge on any atom is 0.252 e. The van der Waals surface area contributed by atoms with Crippen LogP contribution in [0.5, 0.6) is 0 Å². The normalized spacial score (nSPS) is 27.9. The summed E-state index contributed by atoms with van der Waals surface area (Å²) < 4.78 is 26.4. The zero-order valence-electron chi connectivity index (χ0n) is 9.80. The predicted molar refractivity (Wildman–Crippen MR) is 67.6 cm³/mol. The first-order chi connectivity index (χ1) is 7.92. The molecule has 2 rings (SSSR count). The van der Waals surface area contributed by atoms with Crippen LogP contribution in [0.25, 0.3) is 0 Å². The first-order valence-electron chi connectivity index (χ1n) is 5.68. The van der Waals surface area contributed by atoms with Gasteiger partial charge in [-0.1, -0.05) is 6.07 Å². The van der Waals surface area contributed by atoms with Crippen LogP contribution in [0.1, 0.15) is 26.2 Å². The lowest BCUT2D eigenvalue weighted by molar-refractivity contribution is 0.0465. The summed E-state index contributed by atoms with van der Waals surface area (Å²) in [4.78, 5) is 0. The minimum absolute atomic E-state index is 0.388. The smallest absolute Gasteiger partial charge is 0.252 e. The second-order valence-corrected chi connectivity index (χ2v) is 7.80. The molecule has 0 aromatic carbocycles. The zero-order valence-corrected chi connectivity index (χ0v) is 11.4. The fourth-order valence-electron chi connectivity index (χ4n) is 2.02. The van der Waals surface area contributed by atoms with E-state index in [1.54, 1.807) is 24.4 Å². The maximum absolute atomic E-state index is 12.3. The van der Waals surface area contributed by atoms with Gasteiger partial charge in [0.15, 0.2) is 0 Å². The van der Waals surface area contributed by atoms with Gasteiger partial charge in [0, 0.05) is 13.1 Å². The number of rotatable bonds is 2. The Morgan fingerprint density at radius 1 is 1.41 bits per heavy atom. The van der Waals surface area contributed by atoms with Crippen LogP contribution in [0.3, 0.4) is 0 Å². The lowest BCUT2D eigenvalue weighted by Crippen LogP contribution is -2.33. The zero-order chi connectivity index (χ0) is 12.5. The van der Waals surface area contributed by atoms with Gasteiger partial charge in [-0.3, -0.25) is 0 Å². The summed E-state index contributed by atoms with van der Waals surface area (Å²) in [7, 11) is -3.35. The minimum atomic E-state index is -3.35. The van der Waals surface area contributed by atoms with Crippen LogP contribution in [0, 0.1) is 0 Å². The lowest BCUT2D eigenvalue weighted by atomic mass is 9.98. The molecule has 6 heteroatoms. The minimum Gasteiger partial charge on any atom is -0.390 e. The summed E-state index contributed by atoms with van der Waals surface area (Å²) >= 11 is 1.24. The molecule has 1 saturated heterocycles. The Morgan fingerprint density at radius 3 is 2.82 bits per heavy atom. The van der Waals surface area contributed by atoms with Crippen LogP contribution in [0.4, 0.5) is 0 Å². The number of aliphatic hydroxyl groups is 1. The summed E-state index contributed by atoms with van der Waals surface area (Å²) in [6.45, 7) is 2.66. The van der Waals surface area contributed by atoms with Gasteiger partial charge in [-0.15, -0.1) is 11.3 Å². The molecule has 1 atom stereocenters. The summed E-state index contributed by atoms with van der Waals surface area (Å²) in [6, 6.07) is 3.37. The third-order valence-corrected chi connectivity index (χ3v) is 6.38. The van der Waals surface area contributed by atoms with Crippen molar-refractivity contribution in [2.45, 2.75) is 36.0 Å². The van der Waals surface area contributed by atoms with Crippen LogP contribution >= 0.6 is 11.3 Å². The van der Waals surface area contributed by atoms with Gasteiger partial charge < -0.3 is 5.11 Å². The van der Waals surface area contributed by atoms with Gasteiger partial charge in [0.2, 0.25) is 0 Å². The van der Waals surface area contributed by atoms with Crippen molar-refractivity contribution in [1.29, 1.82) is 0 Å². The molecule has 0 spiro atoms. The average Bonchev–Trinajstić information content (AvgIpc) is 2.70. The van der Waals surface area contributed by atoms with Crippen molar-refractivity contribution >= 4 is 21.4 Å². The van der Waals surface area contributed by atoms with Gasteiger partial charge in [0.1, 0.15) is 4.21 Å². The standard InChI is InChI=1S/C11H17NO3S2/c1-11(13)5-3-7-12(8-6-11)17(14,15)10-4-2-9-16-10/h2,4,9,13H,3,5-8H2,1H3. The molecule has 0 aliphatic carbocycles. The van der Waals surface area contributed by atoms with Gasteiger partial charge in [-0.2, -0.15) is 4.31 Å². The van der Waals surface area contributed by atoms with Crippen molar-refractivity contribution in [3.63, 3.8) is 0 Å². The topological polar surface area (TPSA) is 57.6 Å². The molecule has 96 valence electrons. The van der Waals surface area contributed by atoms with Crippen LogP contribution in [0.15, 0.2) is 21.7 Å². The molecule has 0 bridgehead atoms. The van der Waals surface area contributed by atoms with E-state index in [9.17, 15) is 13.5 Å². The van der Waals surface area contributed by atoms with Gasteiger partial charge in [0.05, 0.1) is 5.60 Å². The summed E-state index contributed by atoms with van der Waals surface area (Å²) in [5, 5.41) is 11.7. The van der Waals surface area contributed by atoms with E-state index in [1.165, 1.54) is 15.6 Å². The summed E-state index contributed by atoms with van der Waals surface area (Å²) in [5.41, 5.74) is -0.736. The SMILES string of the molecule is CC1(O)CCCN(S(=O)(=O)c2cccs2)CC1. The highest BCUT2D eigenvalue weighted by Crippen LogP contribution is 2.27. The van der Waals surface area contributed by atoms with Crippen molar-refractivity contribution in [2.24, 2.45) is 0 Å². The van der Waals surface area contributed by atoms with E-state index >= 15 is 0 Å². The molecular weight excluding hydrogens is 258 g/mol. The quantitative estimate of drug-likeness (QED) is 0.893. The average molecular weight is 275 g/mol. The van der Waals surface area contributed by atoms with Crippen LogP contribution in [-0.4, -0.2) is 36.5 Å². The van der Waals surface area contributed by atoms with Gasteiger partial charge >= 0.3 is 0 Å². The van der Waals surface area contributed by atoms with E-state index in [1.807, 2.05) is 0 Å². The van der Waals surface area contributed by atoms with E-state index in [4.69, 9.17) is 0 Å². The Bertz CT molecular complexity index is 465. The Hall–Kier alpha value is -0.430. The molecule has 1 aromatic rings. The molecule has 1 unspecified atom stereocenters. The van der Waals surface area contributed by atoms with Crippen molar-refractivity contribution in [1.82, 2.24) is 4.31 Å². The highest BCUT2D eigenvalue weighted by molar-refractivity contribution is 7.91. The first-order valence-corrected chi connectivity index (χ1v) is 8.00. The molecule has 0 radical (unpaired) electrons. The van der Waals surface area contributed by atoms with Crippen LogP contribution < -0.4 is 0 Å². The Balaban J connectivity index is 2.18. The Kier molecular flexibility index (Phi) is 3.58. The number of thiophene rings is 1. The third kappa shape index (κ3) is 2.88. The largest absolute Gasteiger partial charge is 0.390 e. The molecule has 1 fully saturated rings. The predicted octanol–water partition coefficient (Wildman–Crippen LogP) is 1.67.